The van der Waals surface area contributed by atoms with Gasteiger partial charge in [0.1, 0.15) is 0 Å². The average Bonchev–Trinajstić information content (AvgIpc) is 2.11. The Morgan fingerprint density at radius 1 is 1.50 bits per heavy atom. The summed E-state index contributed by atoms with van der Waals surface area (Å²) in [6.07, 6.45) is 1.98. The molecule has 0 radical (unpaired) electrons. The molecule has 1 heterocycles. The van der Waals surface area contributed by atoms with Crippen LogP contribution in [0.3, 0.4) is 0 Å². The lowest BCUT2D eigenvalue weighted by Crippen LogP contribution is -2.47. The Morgan fingerprint density at radius 3 is 2.93 bits per heavy atom. The number of rotatable bonds is 5. The van der Waals surface area contributed by atoms with E-state index in [1.165, 1.54) is 0 Å². The monoisotopic (exact) mass is 221 g/mol. The first-order chi connectivity index (χ1) is 6.64. The first-order valence-electron chi connectivity index (χ1n) is 5.22. The Kier molecular flexibility index (Phi) is 5.17. The molecule has 1 saturated heterocycles. The fraction of sp³-hybridized carbons (Fsp3) is 1.00. The average molecular weight is 222 g/mol. The van der Waals surface area contributed by atoms with Crippen molar-refractivity contribution in [1.29, 1.82) is 0 Å². The second-order valence-electron chi connectivity index (χ2n) is 4.18. The third kappa shape index (κ3) is 4.60. The molecule has 1 atom stereocenters. The highest BCUT2D eigenvalue weighted by Gasteiger charge is 2.27. The minimum atomic E-state index is -0.509. The largest absolute Gasteiger partial charge is 0.389 e. The minimum Gasteiger partial charge on any atom is -0.389 e. The lowest BCUT2D eigenvalue weighted by Gasteiger charge is -2.36. The number of aliphatic hydroxyl groups is 1. The van der Waals surface area contributed by atoms with E-state index in [9.17, 15) is 5.11 Å². The maximum absolute atomic E-state index is 9.84. The molecule has 1 aliphatic heterocycles. The molecule has 0 aromatic carbocycles. The molecule has 1 rings (SSSR count). The fourth-order valence-electron chi connectivity index (χ4n) is 1.86. The van der Waals surface area contributed by atoms with Gasteiger partial charge in [0.05, 0.1) is 18.8 Å². The Morgan fingerprint density at radius 2 is 2.29 bits per heavy atom. The van der Waals surface area contributed by atoms with Crippen LogP contribution in [0.5, 0.6) is 0 Å². The van der Waals surface area contributed by atoms with Gasteiger partial charge in [0, 0.05) is 19.0 Å². The van der Waals surface area contributed by atoms with Crippen molar-refractivity contribution in [3.8, 4) is 0 Å². The fourth-order valence-corrected chi connectivity index (χ4v) is 1.97. The van der Waals surface area contributed by atoms with Crippen LogP contribution in [0.2, 0.25) is 0 Å². The van der Waals surface area contributed by atoms with Crippen molar-refractivity contribution in [3.63, 3.8) is 0 Å². The van der Waals surface area contributed by atoms with Crippen LogP contribution in [0.25, 0.3) is 0 Å². The Hall–Kier alpha value is 0.170. The Bertz CT molecular complexity index is 164. The van der Waals surface area contributed by atoms with Crippen LogP contribution in [0.4, 0.5) is 0 Å². The van der Waals surface area contributed by atoms with Crippen molar-refractivity contribution < 1.29 is 9.84 Å². The van der Waals surface area contributed by atoms with Crippen molar-refractivity contribution in [2.45, 2.75) is 25.4 Å². The van der Waals surface area contributed by atoms with Crippen LogP contribution in [0, 0.1) is 0 Å². The third-order valence-corrected chi connectivity index (χ3v) is 2.68. The standard InChI is InChI=1S/C10H20ClNO2/c1-10(13)3-2-5-12(9-10)6-8-14-7-4-11/h13H,2-9H2,1H3. The number of alkyl halides is 1. The van der Waals surface area contributed by atoms with Gasteiger partial charge in [-0.3, -0.25) is 4.90 Å². The van der Waals surface area contributed by atoms with Gasteiger partial charge in [-0.05, 0) is 26.3 Å². The zero-order valence-corrected chi connectivity index (χ0v) is 9.59. The quantitative estimate of drug-likeness (QED) is 0.557. The molecule has 0 spiro atoms. The molecule has 84 valence electrons. The highest BCUT2D eigenvalue weighted by molar-refractivity contribution is 6.17. The molecule has 0 aromatic heterocycles. The van der Waals surface area contributed by atoms with E-state index >= 15 is 0 Å². The molecular formula is C10H20ClNO2. The molecule has 0 bridgehead atoms. The van der Waals surface area contributed by atoms with Crippen molar-refractivity contribution in [3.05, 3.63) is 0 Å². The molecule has 0 aliphatic carbocycles. The molecule has 1 aliphatic rings. The van der Waals surface area contributed by atoms with E-state index in [4.69, 9.17) is 16.3 Å². The highest BCUT2D eigenvalue weighted by Crippen LogP contribution is 2.19. The van der Waals surface area contributed by atoms with Gasteiger partial charge in [0.15, 0.2) is 0 Å². The van der Waals surface area contributed by atoms with E-state index in [1.807, 2.05) is 6.92 Å². The van der Waals surface area contributed by atoms with Crippen LogP contribution >= 0.6 is 11.6 Å². The lowest BCUT2D eigenvalue weighted by molar-refractivity contribution is -0.0229. The number of nitrogens with zero attached hydrogens (tertiary/aromatic N) is 1. The van der Waals surface area contributed by atoms with Gasteiger partial charge in [-0.15, -0.1) is 11.6 Å². The van der Waals surface area contributed by atoms with Gasteiger partial charge in [0.25, 0.3) is 0 Å². The molecule has 4 heteroatoms. The van der Waals surface area contributed by atoms with Crippen LogP contribution in [-0.2, 0) is 4.74 Å². The maximum Gasteiger partial charge on any atom is 0.0746 e. The molecule has 1 fully saturated rings. The smallest absolute Gasteiger partial charge is 0.0746 e. The Labute approximate surface area is 91.0 Å². The van der Waals surface area contributed by atoms with Crippen molar-refractivity contribution in [2.75, 3.05) is 38.7 Å². The number of hydrogen-bond donors (Lipinski definition) is 1. The molecular weight excluding hydrogens is 202 g/mol. The third-order valence-electron chi connectivity index (χ3n) is 2.53. The van der Waals surface area contributed by atoms with E-state index in [0.717, 1.165) is 32.5 Å². The molecule has 3 nitrogen and oxygen atoms in total. The van der Waals surface area contributed by atoms with Crippen molar-refractivity contribution in [1.82, 2.24) is 4.90 Å². The summed E-state index contributed by atoms with van der Waals surface area (Å²) in [4.78, 5) is 2.25. The summed E-state index contributed by atoms with van der Waals surface area (Å²) in [5, 5.41) is 9.84. The number of β-amino-alcohol motifs (C(OH)–C–C–N with tert-alkyl or cyclic N) is 1. The molecule has 14 heavy (non-hydrogen) atoms. The van der Waals surface area contributed by atoms with Crippen LogP contribution in [0.1, 0.15) is 19.8 Å². The zero-order valence-electron chi connectivity index (χ0n) is 8.84. The van der Waals surface area contributed by atoms with E-state index in [2.05, 4.69) is 4.90 Å². The maximum atomic E-state index is 9.84. The molecule has 0 amide bonds. The zero-order chi connectivity index (χ0) is 10.4. The summed E-state index contributed by atoms with van der Waals surface area (Å²) in [6.45, 7) is 5.96. The van der Waals surface area contributed by atoms with Gasteiger partial charge >= 0.3 is 0 Å². The predicted octanol–water partition coefficient (Wildman–Crippen LogP) is 1.09. The second-order valence-corrected chi connectivity index (χ2v) is 4.56. The summed E-state index contributed by atoms with van der Waals surface area (Å²) in [5.74, 6) is 0.553. The van der Waals surface area contributed by atoms with Gasteiger partial charge < -0.3 is 9.84 Å². The van der Waals surface area contributed by atoms with E-state index in [1.54, 1.807) is 0 Å². The van der Waals surface area contributed by atoms with Gasteiger partial charge in [-0.25, -0.2) is 0 Å². The van der Waals surface area contributed by atoms with Crippen LogP contribution in [-0.4, -0.2) is 54.3 Å². The van der Waals surface area contributed by atoms with Crippen LogP contribution in [0.15, 0.2) is 0 Å². The van der Waals surface area contributed by atoms with E-state index in [-0.39, 0.29) is 0 Å². The normalized spacial score (nSPS) is 29.4. The molecule has 0 saturated carbocycles. The number of hydrogen-bond acceptors (Lipinski definition) is 3. The molecule has 1 N–H and O–H groups in total. The van der Waals surface area contributed by atoms with Gasteiger partial charge in [-0.2, -0.15) is 0 Å². The minimum absolute atomic E-state index is 0.509. The number of halogens is 1. The first-order valence-corrected chi connectivity index (χ1v) is 5.76. The first kappa shape index (κ1) is 12.2. The number of piperidine rings is 1. The Balaban J connectivity index is 2.12. The van der Waals surface area contributed by atoms with Gasteiger partial charge in [-0.1, -0.05) is 0 Å². The molecule has 0 aromatic rings. The summed E-state index contributed by atoms with van der Waals surface area (Å²) < 4.78 is 5.30. The SMILES string of the molecule is CC1(O)CCCN(CCOCCCl)C1. The summed E-state index contributed by atoms with van der Waals surface area (Å²) in [7, 11) is 0. The predicted molar refractivity (Wildman–Crippen MR) is 57.8 cm³/mol. The summed E-state index contributed by atoms with van der Waals surface area (Å²) in [5.41, 5.74) is -0.509. The highest BCUT2D eigenvalue weighted by atomic mass is 35.5. The summed E-state index contributed by atoms with van der Waals surface area (Å²) in [6, 6.07) is 0. The van der Waals surface area contributed by atoms with Crippen molar-refractivity contribution in [2.24, 2.45) is 0 Å². The number of likely N-dealkylation sites (tertiary alicyclic amines) is 1. The van der Waals surface area contributed by atoms with Crippen LogP contribution < -0.4 is 0 Å². The summed E-state index contributed by atoms with van der Waals surface area (Å²) >= 11 is 5.49. The number of ether oxygens (including phenoxy) is 1. The lowest BCUT2D eigenvalue weighted by atomic mass is 9.95. The van der Waals surface area contributed by atoms with Crippen molar-refractivity contribution >= 4 is 11.6 Å². The van der Waals surface area contributed by atoms with E-state index in [0.29, 0.717) is 19.1 Å². The van der Waals surface area contributed by atoms with E-state index < -0.39 is 5.60 Å². The topological polar surface area (TPSA) is 32.7 Å². The second kappa shape index (κ2) is 5.91. The molecule has 1 unspecified atom stereocenters. The van der Waals surface area contributed by atoms with Gasteiger partial charge in [0.2, 0.25) is 0 Å².